The van der Waals surface area contributed by atoms with Crippen LogP contribution in [0.3, 0.4) is 0 Å². The van der Waals surface area contributed by atoms with Gasteiger partial charge in [0.05, 0.1) is 4.90 Å². The number of alkyl halides is 3. The Kier molecular flexibility index (Phi) is 3.97. The minimum absolute atomic E-state index is 0.0429. The second-order valence-electron chi connectivity index (χ2n) is 2.40. The Morgan fingerprint density at radius 3 is 1.93 bits per heavy atom. The van der Waals surface area contributed by atoms with E-state index in [2.05, 4.69) is 0 Å². The molecule has 0 spiro atoms. The number of hydrogen-bond acceptors (Lipinski definition) is 2. The Bertz CT molecular complexity index is 421. The molecular formula is C7H4Cl3IO2S. The molecule has 0 atom stereocenters. The summed E-state index contributed by atoms with van der Waals surface area (Å²) in [5.74, 6) is 0. The summed E-state index contributed by atoms with van der Waals surface area (Å²) in [6, 6.07) is 5.64. The summed E-state index contributed by atoms with van der Waals surface area (Å²) < 4.78 is 21.4. The molecule has 1 rings (SSSR count). The molecule has 1 aromatic carbocycles. The van der Waals surface area contributed by atoms with Crippen LogP contribution in [0.5, 0.6) is 0 Å². The molecule has 0 aliphatic rings. The highest BCUT2D eigenvalue weighted by Crippen LogP contribution is 2.40. The SMILES string of the molecule is O=S(=O)(c1ccc(Cl)cc1)C(Cl)(Cl)I. The van der Waals surface area contributed by atoms with Crippen molar-refractivity contribution in [2.75, 3.05) is 0 Å². The fourth-order valence-corrected chi connectivity index (χ4v) is 2.93. The van der Waals surface area contributed by atoms with E-state index in [9.17, 15) is 8.42 Å². The number of hydrogen-bond donors (Lipinski definition) is 0. The largest absolute Gasteiger partial charge is 0.272 e. The van der Waals surface area contributed by atoms with Crippen LogP contribution in [0.4, 0.5) is 0 Å². The third-order valence-corrected chi connectivity index (χ3v) is 6.14. The van der Waals surface area contributed by atoms with Gasteiger partial charge in [0.15, 0.2) is 0 Å². The van der Waals surface area contributed by atoms with Crippen LogP contribution >= 0.6 is 57.4 Å². The molecule has 0 aromatic heterocycles. The van der Waals surface area contributed by atoms with E-state index in [0.717, 1.165) is 0 Å². The van der Waals surface area contributed by atoms with Crippen LogP contribution in [0.1, 0.15) is 0 Å². The molecule has 2 nitrogen and oxygen atoms in total. The lowest BCUT2D eigenvalue weighted by Gasteiger charge is -2.12. The Balaban J connectivity index is 3.25. The lowest BCUT2D eigenvalue weighted by molar-refractivity contribution is 0.598. The molecule has 0 amide bonds. The maximum absolute atomic E-state index is 11.7. The summed E-state index contributed by atoms with van der Waals surface area (Å²) in [5.41, 5.74) is 0. The van der Waals surface area contributed by atoms with E-state index < -0.39 is 11.5 Å². The zero-order chi connectivity index (χ0) is 11.0. The van der Waals surface area contributed by atoms with E-state index in [1.54, 1.807) is 0 Å². The molecule has 78 valence electrons. The smallest absolute Gasteiger partial charge is 0.220 e. The number of sulfone groups is 1. The maximum Gasteiger partial charge on any atom is 0.272 e. The minimum atomic E-state index is -3.73. The van der Waals surface area contributed by atoms with Gasteiger partial charge in [0.25, 0.3) is 1.67 Å². The molecule has 0 bridgehead atoms. The van der Waals surface area contributed by atoms with Gasteiger partial charge in [0.2, 0.25) is 9.84 Å². The third kappa shape index (κ3) is 2.66. The molecule has 7 heteroatoms. The number of rotatable bonds is 2. The quantitative estimate of drug-likeness (QED) is 0.575. The Labute approximate surface area is 111 Å². The fourth-order valence-electron chi connectivity index (χ4n) is 0.747. The summed E-state index contributed by atoms with van der Waals surface area (Å²) >= 11 is 18.1. The van der Waals surface area contributed by atoms with Crippen LogP contribution in [0.15, 0.2) is 29.2 Å². The van der Waals surface area contributed by atoms with Crippen LogP contribution in [0.2, 0.25) is 5.02 Å². The molecule has 0 fully saturated rings. The maximum atomic E-state index is 11.7. The van der Waals surface area contributed by atoms with E-state index >= 15 is 0 Å². The van der Waals surface area contributed by atoms with Gasteiger partial charge in [-0.1, -0.05) is 34.8 Å². The van der Waals surface area contributed by atoms with Crippen LogP contribution in [0, 0.1) is 0 Å². The van der Waals surface area contributed by atoms with Crippen molar-refractivity contribution in [1.82, 2.24) is 0 Å². The van der Waals surface area contributed by atoms with Crippen LogP contribution < -0.4 is 0 Å². The van der Waals surface area contributed by atoms with Gasteiger partial charge in [-0.25, -0.2) is 8.42 Å². The summed E-state index contributed by atoms with van der Waals surface area (Å²) in [6.07, 6.45) is 0. The second-order valence-corrected chi connectivity index (χ2v) is 10.3. The summed E-state index contributed by atoms with van der Waals surface area (Å²) in [4.78, 5) is 0.0429. The first-order valence-electron chi connectivity index (χ1n) is 3.32. The average Bonchev–Trinajstić information content (AvgIpc) is 2.03. The van der Waals surface area contributed by atoms with Crippen LogP contribution in [0.25, 0.3) is 0 Å². The highest BCUT2D eigenvalue weighted by Gasteiger charge is 2.38. The van der Waals surface area contributed by atoms with E-state index in [1.165, 1.54) is 46.9 Å². The van der Waals surface area contributed by atoms with Crippen molar-refractivity contribution in [2.24, 2.45) is 0 Å². The first-order chi connectivity index (χ1) is 6.25. The molecule has 0 aliphatic heterocycles. The molecule has 0 aliphatic carbocycles. The summed E-state index contributed by atoms with van der Waals surface area (Å²) in [7, 11) is -3.73. The molecule has 0 saturated heterocycles. The predicted molar refractivity (Wildman–Crippen MR) is 67.1 cm³/mol. The van der Waals surface area contributed by atoms with Crippen molar-refractivity contribution in [1.29, 1.82) is 0 Å². The topological polar surface area (TPSA) is 34.1 Å². The molecule has 0 heterocycles. The van der Waals surface area contributed by atoms with Crippen LogP contribution in [-0.4, -0.2) is 10.1 Å². The fraction of sp³-hybridized carbons (Fsp3) is 0.143. The van der Waals surface area contributed by atoms with Gasteiger partial charge in [0, 0.05) is 5.02 Å². The van der Waals surface area contributed by atoms with Gasteiger partial charge in [-0.05, 0) is 46.9 Å². The molecule has 0 radical (unpaired) electrons. The average molecular weight is 385 g/mol. The normalized spacial score (nSPS) is 12.9. The highest BCUT2D eigenvalue weighted by molar-refractivity contribution is 14.1. The van der Waals surface area contributed by atoms with E-state index in [-0.39, 0.29) is 4.90 Å². The minimum Gasteiger partial charge on any atom is -0.220 e. The molecule has 0 saturated carbocycles. The zero-order valence-electron chi connectivity index (χ0n) is 6.55. The Morgan fingerprint density at radius 1 is 1.14 bits per heavy atom. The zero-order valence-corrected chi connectivity index (χ0v) is 11.8. The van der Waals surface area contributed by atoms with E-state index in [1.807, 2.05) is 0 Å². The molecular weight excluding hydrogens is 381 g/mol. The van der Waals surface area contributed by atoms with Crippen molar-refractivity contribution in [3.63, 3.8) is 0 Å². The first kappa shape index (κ1) is 12.8. The number of benzene rings is 1. The van der Waals surface area contributed by atoms with Gasteiger partial charge in [-0.2, -0.15) is 0 Å². The monoisotopic (exact) mass is 384 g/mol. The van der Waals surface area contributed by atoms with Gasteiger partial charge < -0.3 is 0 Å². The predicted octanol–water partition coefficient (Wildman–Crippen LogP) is 3.64. The molecule has 1 aromatic rings. The third-order valence-electron chi connectivity index (χ3n) is 1.43. The standard InChI is InChI=1S/C7H4Cl3IO2S/c8-5-1-3-6(4-2-5)14(12,13)7(9,10)11/h1-4H. The van der Waals surface area contributed by atoms with Crippen molar-refractivity contribution in [2.45, 2.75) is 6.57 Å². The van der Waals surface area contributed by atoms with Crippen molar-refractivity contribution in [3.05, 3.63) is 29.3 Å². The van der Waals surface area contributed by atoms with Crippen molar-refractivity contribution < 1.29 is 8.42 Å². The van der Waals surface area contributed by atoms with Gasteiger partial charge in [0.1, 0.15) is 0 Å². The second kappa shape index (κ2) is 4.33. The molecule has 0 unspecified atom stereocenters. The summed E-state index contributed by atoms with van der Waals surface area (Å²) in [6.45, 7) is 0. The van der Waals surface area contributed by atoms with Crippen molar-refractivity contribution >= 4 is 67.2 Å². The van der Waals surface area contributed by atoms with Gasteiger partial charge in [-0.3, -0.25) is 0 Å². The molecule has 14 heavy (non-hydrogen) atoms. The number of halogens is 4. The van der Waals surface area contributed by atoms with Gasteiger partial charge >= 0.3 is 0 Å². The summed E-state index contributed by atoms with van der Waals surface area (Å²) in [5, 5.41) is 0.451. The molecule has 0 N–H and O–H groups in total. The van der Waals surface area contributed by atoms with Crippen LogP contribution in [-0.2, 0) is 9.84 Å². The van der Waals surface area contributed by atoms with Crippen molar-refractivity contribution in [3.8, 4) is 0 Å². The first-order valence-corrected chi connectivity index (χ1v) is 7.01. The highest BCUT2D eigenvalue weighted by atomic mass is 127. The van der Waals surface area contributed by atoms with E-state index in [4.69, 9.17) is 34.8 Å². The van der Waals surface area contributed by atoms with E-state index in [0.29, 0.717) is 5.02 Å². The lowest BCUT2D eigenvalue weighted by Crippen LogP contribution is -2.18. The Hall–Kier alpha value is 0.770. The van der Waals surface area contributed by atoms with Gasteiger partial charge in [-0.15, -0.1) is 0 Å². The lowest BCUT2D eigenvalue weighted by atomic mass is 10.4. The Morgan fingerprint density at radius 2 is 1.57 bits per heavy atom.